The molecule has 6 nitrogen and oxygen atoms in total. The van der Waals surface area contributed by atoms with Crippen molar-refractivity contribution in [1.29, 1.82) is 0 Å². The molecule has 6 heteroatoms. The van der Waals surface area contributed by atoms with Gasteiger partial charge in [0.25, 0.3) is 0 Å². The van der Waals surface area contributed by atoms with Crippen LogP contribution in [-0.2, 0) is 14.4 Å². The summed E-state index contributed by atoms with van der Waals surface area (Å²) in [5.41, 5.74) is 0. The van der Waals surface area contributed by atoms with Gasteiger partial charge in [0.15, 0.2) is 5.78 Å². The van der Waals surface area contributed by atoms with Crippen molar-refractivity contribution in [3.8, 4) is 0 Å². The highest BCUT2D eigenvalue weighted by molar-refractivity contribution is 5.95. The lowest BCUT2D eigenvalue weighted by atomic mass is 9.95. The quantitative estimate of drug-likeness (QED) is 0.739. The maximum absolute atomic E-state index is 12.3. The number of hydrogen-bond acceptors (Lipinski definition) is 4. The van der Waals surface area contributed by atoms with Gasteiger partial charge in [-0.3, -0.25) is 19.4 Å². The van der Waals surface area contributed by atoms with E-state index in [-0.39, 0.29) is 29.9 Å². The average Bonchev–Trinajstić information content (AvgIpc) is 2.35. The molecule has 2 heterocycles. The number of carbonyl (C=O) groups is 3. The van der Waals surface area contributed by atoms with Gasteiger partial charge in [-0.2, -0.15) is 0 Å². The van der Waals surface area contributed by atoms with Crippen LogP contribution in [0.1, 0.15) is 26.2 Å². The molecule has 0 aromatic carbocycles. The molecule has 2 atom stereocenters. The van der Waals surface area contributed by atoms with Crippen LogP contribution in [0.25, 0.3) is 0 Å². The Labute approximate surface area is 106 Å². The summed E-state index contributed by atoms with van der Waals surface area (Å²) in [5.74, 6) is -0.561. The second kappa shape index (κ2) is 5.06. The van der Waals surface area contributed by atoms with Crippen molar-refractivity contribution < 1.29 is 14.4 Å². The Morgan fingerprint density at radius 2 is 2.17 bits per heavy atom. The Hall–Kier alpha value is -1.43. The van der Waals surface area contributed by atoms with Crippen LogP contribution >= 0.6 is 0 Å². The lowest BCUT2D eigenvalue weighted by molar-refractivity contribution is -0.188. The first kappa shape index (κ1) is 13.0. The largest absolute Gasteiger partial charge is 0.319 e. The van der Waals surface area contributed by atoms with E-state index in [4.69, 9.17) is 0 Å². The van der Waals surface area contributed by atoms with Gasteiger partial charge in [-0.1, -0.05) is 0 Å². The fourth-order valence-electron chi connectivity index (χ4n) is 2.72. The molecule has 2 saturated heterocycles. The van der Waals surface area contributed by atoms with Gasteiger partial charge >= 0.3 is 0 Å². The number of nitrogens with one attached hydrogen (secondary N) is 1. The summed E-state index contributed by atoms with van der Waals surface area (Å²) in [6.45, 7) is 2.49. The monoisotopic (exact) mass is 253 g/mol. The zero-order valence-corrected chi connectivity index (χ0v) is 10.8. The minimum atomic E-state index is -0.463. The van der Waals surface area contributed by atoms with Crippen molar-refractivity contribution in [3.05, 3.63) is 0 Å². The molecule has 2 rings (SSSR count). The maximum atomic E-state index is 12.3. The molecule has 2 amide bonds. The van der Waals surface area contributed by atoms with Crippen molar-refractivity contribution >= 4 is 17.6 Å². The molecule has 0 spiro atoms. The number of amides is 2. The van der Waals surface area contributed by atoms with E-state index in [1.807, 2.05) is 0 Å². The van der Waals surface area contributed by atoms with E-state index >= 15 is 0 Å². The third-order valence-corrected chi connectivity index (χ3v) is 3.61. The zero-order chi connectivity index (χ0) is 13.3. The van der Waals surface area contributed by atoms with E-state index in [1.165, 1.54) is 16.9 Å². The first-order chi connectivity index (χ1) is 8.56. The van der Waals surface area contributed by atoms with E-state index in [1.54, 1.807) is 7.05 Å². The molecular formula is C12H19N3O3. The number of carbonyl (C=O) groups excluding carboxylic acids is 3. The number of Topliss-reactive ketones (excluding diaryl/α,β-unsaturated/α-hetero) is 1. The minimum absolute atomic E-state index is 0.0500. The van der Waals surface area contributed by atoms with Crippen molar-refractivity contribution in [2.75, 3.05) is 20.1 Å². The van der Waals surface area contributed by atoms with Crippen LogP contribution in [0, 0.1) is 5.92 Å². The normalized spacial score (nSPS) is 28.3. The number of fused-ring (bicyclic) bond motifs is 1. The van der Waals surface area contributed by atoms with Gasteiger partial charge in [0.05, 0.1) is 5.92 Å². The number of hydrogen-bond donors (Lipinski definition) is 1. The van der Waals surface area contributed by atoms with E-state index in [2.05, 4.69) is 5.32 Å². The molecule has 0 bridgehead atoms. The van der Waals surface area contributed by atoms with E-state index in [0.29, 0.717) is 19.5 Å². The molecule has 0 aliphatic carbocycles. The Balaban J connectivity index is 2.26. The molecule has 2 aliphatic heterocycles. The molecule has 18 heavy (non-hydrogen) atoms. The Morgan fingerprint density at radius 3 is 2.78 bits per heavy atom. The highest BCUT2D eigenvalue weighted by Crippen LogP contribution is 2.27. The molecule has 0 aromatic heterocycles. The van der Waals surface area contributed by atoms with Crippen LogP contribution in [-0.4, -0.2) is 53.8 Å². The Kier molecular flexibility index (Phi) is 3.65. The van der Waals surface area contributed by atoms with Gasteiger partial charge in [-0.15, -0.1) is 0 Å². The van der Waals surface area contributed by atoms with Crippen LogP contribution in [0.5, 0.6) is 0 Å². The molecule has 2 unspecified atom stereocenters. The molecule has 0 aromatic rings. The molecule has 0 saturated carbocycles. The summed E-state index contributed by atoms with van der Waals surface area (Å²) < 4.78 is 0. The Morgan fingerprint density at radius 1 is 1.44 bits per heavy atom. The standard InChI is InChI=1S/C12H19N3O3/c1-8(16)10-4-3-5-14-11(17)6-9(7-13-2)12(18)15(10)14/h9-10,13H,3-7H2,1-2H3. The predicted molar refractivity (Wildman–Crippen MR) is 64.3 cm³/mol. The number of ketones is 1. The van der Waals surface area contributed by atoms with Crippen molar-refractivity contribution in [2.45, 2.75) is 32.2 Å². The summed E-state index contributed by atoms with van der Waals surface area (Å²) in [6, 6.07) is -0.463. The number of hydrazine groups is 1. The fourth-order valence-corrected chi connectivity index (χ4v) is 2.72. The first-order valence-electron chi connectivity index (χ1n) is 6.34. The fraction of sp³-hybridized carbons (Fsp3) is 0.750. The molecule has 2 fully saturated rings. The topological polar surface area (TPSA) is 69.7 Å². The van der Waals surface area contributed by atoms with Crippen molar-refractivity contribution in [1.82, 2.24) is 15.3 Å². The van der Waals surface area contributed by atoms with Gasteiger partial charge in [-0.05, 0) is 26.8 Å². The molecule has 0 radical (unpaired) electrons. The first-order valence-corrected chi connectivity index (χ1v) is 6.34. The molecule has 100 valence electrons. The van der Waals surface area contributed by atoms with Gasteiger partial charge in [0.1, 0.15) is 6.04 Å². The summed E-state index contributed by atoms with van der Waals surface area (Å²) in [5, 5.41) is 5.79. The van der Waals surface area contributed by atoms with Gasteiger partial charge in [0.2, 0.25) is 11.8 Å². The van der Waals surface area contributed by atoms with Crippen molar-refractivity contribution in [3.63, 3.8) is 0 Å². The van der Waals surface area contributed by atoms with Crippen LogP contribution in [0.15, 0.2) is 0 Å². The van der Waals surface area contributed by atoms with E-state index in [9.17, 15) is 14.4 Å². The highest BCUT2D eigenvalue weighted by Gasteiger charge is 2.45. The highest BCUT2D eigenvalue weighted by atomic mass is 16.2. The van der Waals surface area contributed by atoms with E-state index < -0.39 is 6.04 Å². The van der Waals surface area contributed by atoms with Gasteiger partial charge in [-0.25, -0.2) is 5.01 Å². The third-order valence-electron chi connectivity index (χ3n) is 3.61. The summed E-state index contributed by atoms with van der Waals surface area (Å²) in [7, 11) is 1.75. The summed E-state index contributed by atoms with van der Waals surface area (Å²) >= 11 is 0. The van der Waals surface area contributed by atoms with E-state index in [0.717, 1.165) is 6.42 Å². The van der Waals surface area contributed by atoms with Crippen LogP contribution in [0.2, 0.25) is 0 Å². The number of rotatable bonds is 3. The molecule has 2 aliphatic rings. The van der Waals surface area contributed by atoms with Crippen molar-refractivity contribution in [2.24, 2.45) is 5.92 Å². The lowest BCUT2D eigenvalue weighted by Crippen LogP contribution is -2.65. The number of nitrogens with zero attached hydrogens (tertiary/aromatic N) is 2. The summed E-state index contributed by atoms with van der Waals surface area (Å²) in [4.78, 5) is 36.0. The van der Waals surface area contributed by atoms with Crippen LogP contribution in [0.4, 0.5) is 0 Å². The zero-order valence-electron chi connectivity index (χ0n) is 10.8. The van der Waals surface area contributed by atoms with Gasteiger partial charge in [0, 0.05) is 19.5 Å². The summed E-state index contributed by atoms with van der Waals surface area (Å²) in [6.07, 6.45) is 1.66. The predicted octanol–water partition coefficient (Wildman–Crippen LogP) is -0.451. The maximum Gasteiger partial charge on any atom is 0.246 e. The lowest BCUT2D eigenvalue weighted by Gasteiger charge is -2.47. The third kappa shape index (κ3) is 2.12. The van der Waals surface area contributed by atoms with Gasteiger partial charge < -0.3 is 5.32 Å². The molecule has 1 N–H and O–H groups in total. The average molecular weight is 253 g/mol. The smallest absolute Gasteiger partial charge is 0.246 e. The Bertz CT molecular complexity index is 377. The second-order valence-corrected chi connectivity index (χ2v) is 4.93. The SMILES string of the molecule is CNCC1CC(=O)N2CCCC(C(C)=O)N2C1=O. The van der Waals surface area contributed by atoms with Crippen LogP contribution in [0.3, 0.4) is 0 Å². The second-order valence-electron chi connectivity index (χ2n) is 4.93. The molecular weight excluding hydrogens is 234 g/mol. The minimum Gasteiger partial charge on any atom is -0.319 e. The van der Waals surface area contributed by atoms with Crippen LogP contribution < -0.4 is 5.32 Å².